The maximum absolute atomic E-state index is 14.2. The molecule has 1 aromatic rings. The Morgan fingerprint density at radius 2 is 1.86 bits per heavy atom. The lowest BCUT2D eigenvalue weighted by Crippen LogP contribution is -2.33. The Bertz CT molecular complexity index is 508. The molecule has 0 heterocycles. The molecule has 1 fully saturated rings. The van der Waals surface area contributed by atoms with E-state index in [1.807, 2.05) is 0 Å². The van der Waals surface area contributed by atoms with Gasteiger partial charge in [0.25, 0.3) is 0 Å². The Labute approximate surface area is 143 Å². The molecule has 0 saturated heterocycles. The first-order chi connectivity index (χ1) is 9.70. The minimum atomic E-state index is -0.451. The van der Waals surface area contributed by atoms with Crippen LogP contribution in [-0.4, -0.2) is 4.83 Å². The van der Waals surface area contributed by atoms with Gasteiger partial charge in [-0.3, -0.25) is 0 Å². The third kappa shape index (κ3) is 4.07. The number of halogens is 4. The number of alkyl halides is 1. The Balaban J connectivity index is 2.20. The topological polar surface area (TPSA) is 0 Å². The summed E-state index contributed by atoms with van der Waals surface area (Å²) < 4.78 is 28.5. The molecule has 0 radical (unpaired) electrons. The van der Waals surface area contributed by atoms with Crippen LogP contribution in [0.15, 0.2) is 16.6 Å². The Kier molecular flexibility index (Phi) is 5.51. The molecule has 1 aliphatic carbocycles. The van der Waals surface area contributed by atoms with E-state index in [9.17, 15) is 8.78 Å². The summed E-state index contributed by atoms with van der Waals surface area (Å²) in [5, 5.41) is 0. The van der Waals surface area contributed by atoms with Crippen molar-refractivity contribution in [3.05, 3.63) is 33.8 Å². The van der Waals surface area contributed by atoms with Crippen molar-refractivity contribution in [2.45, 2.75) is 51.3 Å². The van der Waals surface area contributed by atoms with Crippen LogP contribution in [0.25, 0.3) is 0 Å². The molecule has 0 nitrogen and oxygen atoms in total. The summed E-state index contributed by atoms with van der Waals surface area (Å²) in [5.74, 6) is -0.00304. The molecule has 1 saturated carbocycles. The summed E-state index contributed by atoms with van der Waals surface area (Å²) in [6, 6.07) is 2.77. The maximum atomic E-state index is 14.2. The van der Waals surface area contributed by atoms with Crippen molar-refractivity contribution < 1.29 is 8.78 Å². The van der Waals surface area contributed by atoms with Gasteiger partial charge in [0.15, 0.2) is 0 Å². The quantitative estimate of drug-likeness (QED) is 0.376. The normalized spacial score (nSPS) is 26.9. The van der Waals surface area contributed by atoms with Gasteiger partial charge in [-0.15, -0.1) is 0 Å². The van der Waals surface area contributed by atoms with Crippen LogP contribution in [0.5, 0.6) is 0 Å². The summed E-state index contributed by atoms with van der Waals surface area (Å²) in [6.45, 7) is 6.76. The molecule has 21 heavy (non-hydrogen) atoms. The van der Waals surface area contributed by atoms with E-state index >= 15 is 0 Å². The highest BCUT2D eigenvalue weighted by molar-refractivity contribution is 9.10. The summed E-state index contributed by atoms with van der Waals surface area (Å²) >= 11 is 6.87. The van der Waals surface area contributed by atoms with Crippen LogP contribution < -0.4 is 0 Å². The lowest BCUT2D eigenvalue weighted by Gasteiger charge is -2.40. The fraction of sp³-hybridized carbons (Fsp3) is 0.647. The molecular weight excluding hydrogens is 402 g/mol. The van der Waals surface area contributed by atoms with Gasteiger partial charge in [-0.2, -0.15) is 0 Å². The number of rotatable bonds is 2. The minimum Gasteiger partial charge on any atom is -0.207 e. The highest BCUT2D eigenvalue weighted by Gasteiger charge is 2.35. The van der Waals surface area contributed by atoms with Crippen LogP contribution in [0.4, 0.5) is 8.78 Å². The van der Waals surface area contributed by atoms with Crippen LogP contribution in [-0.2, 0) is 6.42 Å². The molecular formula is C17H22Br2F2. The number of hydrogen-bond donors (Lipinski definition) is 0. The van der Waals surface area contributed by atoms with Crippen molar-refractivity contribution in [3.63, 3.8) is 0 Å². The average molecular weight is 424 g/mol. The van der Waals surface area contributed by atoms with Crippen molar-refractivity contribution >= 4 is 31.9 Å². The van der Waals surface area contributed by atoms with Crippen molar-refractivity contribution in [2.75, 3.05) is 0 Å². The summed E-state index contributed by atoms with van der Waals surface area (Å²) in [4.78, 5) is 0.342. The molecule has 0 aromatic heterocycles. The van der Waals surface area contributed by atoms with Crippen LogP contribution >= 0.6 is 31.9 Å². The predicted molar refractivity (Wildman–Crippen MR) is 90.8 cm³/mol. The van der Waals surface area contributed by atoms with Gasteiger partial charge in [0.2, 0.25) is 0 Å². The third-order valence-electron chi connectivity index (χ3n) is 4.72. The van der Waals surface area contributed by atoms with Crippen LogP contribution in [0.2, 0.25) is 0 Å². The van der Waals surface area contributed by atoms with Gasteiger partial charge in [0.05, 0.1) is 4.47 Å². The van der Waals surface area contributed by atoms with E-state index in [1.54, 1.807) is 0 Å². The van der Waals surface area contributed by atoms with Crippen LogP contribution in [0.1, 0.15) is 45.6 Å². The lowest BCUT2D eigenvalue weighted by atomic mass is 9.68. The second-order valence-electron chi connectivity index (χ2n) is 7.18. The van der Waals surface area contributed by atoms with E-state index in [4.69, 9.17) is 0 Å². The third-order valence-corrected chi connectivity index (χ3v) is 6.54. The standard InChI is InChI=1S/C17H22Br2F2/c1-17(2,3)11-4-5-13(18)10(8-11)9-12-15(20)7-6-14(19)16(12)21/h6-7,10-11,13H,4-5,8-9H2,1-3H3. The first kappa shape index (κ1) is 17.4. The Morgan fingerprint density at radius 3 is 2.48 bits per heavy atom. The van der Waals surface area contributed by atoms with Gasteiger partial charge in [-0.25, -0.2) is 8.78 Å². The highest BCUT2D eigenvalue weighted by Crippen LogP contribution is 2.44. The molecule has 4 heteroatoms. The Morgan fingerprint density at radius 1 is 1.19 bits per heavy atom. The number of benzene rings is 1. The molecule has 3 unspecified atom stereocenters. The van der Waals surface area contributed by atoms with Gasteiger partial charge >= 0.3 is 0 Å². The molecule has 0 spiro atoms. The smallest absolute Gasteiger partial charge is 0.143 e. The van der Waals surface area contributed by atoms with Gasteiger partial charge in [0, 0.05) is 10.4 Å². The first-order valence-corrected chi connectivity index (χ1v) is 9.17. The zero-order valence-electron chi connectivity index (χ0n) is 12.7. The lowest BCUT2D eigenvalue weighted by molar-refractivity contribution is 0.146. The molecule has 1 aromatic carbocycles. The van der Waals surface area contributed by atoms with Crippen molar-refractivity contribution in [1.29, 1.82) is 0 Å². The van der Waals surface area contributed by atoms with Gasteiger partial charge < -0.3 is 0 Å². The first-order valence-electron chi connectivity index (χ1n) is 7.46. The minimum absolute atomic E-state index is 0.216. The highest BCUT2D eigenvalue weighted by atomic mass is 79.9. The van der Waals surface area contributed by atoms with E-state index in [2.05, 4.69) is 52.6 Å². The van der Waals surface area contributed by atoms with E-state index in [0.29, 0.717) is 21.6 Å². The predicted octanol–water partition coefficient (Wildman–Crippen LogP) is 6.50. The fourth-order valence-electron chi connectivity index (χ4n) is 3.24. The van der Waals surface area contributed by atoms with E-state index in [1.165, 1.54) is 18.6 Å². The van der Waals surface area contributed by atoms with Crippen molar-refractivity contribution in [1.82, 2.24) is 0 Å². The fourth-order valence-corrected chi connectivity index (χ4v) is 4.28. The zero-order chi connectivity index (χ0) is 15.8. The summed E-state index contributed by atoms with van der Waals surface area (Å²) in [6.07, 6.45) is 3.73. The SMILES string of the molecule is CC(C)(C)C1CCC(Br)C(Cc2c(F)ccc(Br)c2F)C1. The average Bonchev–Trinajstić information content (AvgIpc) is 2.40. The van der Waals surface area contributed by atoms with Crippen molar-refractivity contribution in [2.24, 2.45) is 17.3 Å². The summed E-state index contributed by atoms with van der Waals surface area (Å²) in [7, 11) is 0. The summed E-state index contributed by atoms with van der Waals surface area (Å²) in [5.41, 5.74) is 0.466. The largest absolute Gasteiger partial charge is 0.207 e. The molecule has 1 aliphatic rings. The zero-order valence-corrected chi connectivity index (χ0v) is 15.9. The maximum Gasteiger partial charge on any atom is 0.143 e. The second-order valence-corrected chi connectivity index (χ2v) is 9.21. The van der Waals surface area contributed by atoms with Crippen molar-refractivity contribution in [3.8, 4) is 0 Å². The van der Waals surface area contributed by atoms with Gasteiger partial charge in [-0.05, 0) is 71.0 Å². The molecule has 0 aliphatic heterocycles. The van der Waals surface area contributed by atoms with Gasteiger partial charge in [0.1, 0.15) is 11.6 Å². The second kappa shape index (κ2) is 6.66. The monoisotopic (exact) mass is 422 g/mol. The Hall–Kier alpha value is 0.0400. The molecule has 0 amide bonds. The van der Waals surface area contributed by atoms with E-state index in [0.717, 1.165) is 12.8 Å². The van der Waals surface area contributed by atoms with Gasteiger partial charge in [-0.1, -0.05) is 36.7 Å². The molecule has 3 atom stereocenters. The molecule has 118 valence electrons. The van der Waals surface area contributed by atoms with E-state index < -0.39 is 11.6 Å². The molecule has 2 rings (SSSR count). The van der Waals surface area contributed by atoms with Crippen LogP contribution in [0.3, 0.4) is 0 Å². The van der Waals surface area contributed by atoms with E-state index in [-0.39, 0.29) is 16.9 Å². The van der Waals surface area contributed by atoms with Crippen LogP contribution in [0, 0.1) is 28.9 Å². The molecule has 0 bridgehead atoms. The molecule has 0 N–H and O–H groups in total. The number of hydrogen-bond acceptors (Lipinski definition) is 0.